The molecule has 1 amide bonds. The van der Waals surface area contributed by atoms with Crippen molar-refractivity contribution >= 4 is 5.91 Å². The van der Waals surface area contributed by atoms with Crippen molar-refractivity contribution in [2.75, 3.05) is 13.2 Å². The van der Waals surface area contributed by atoms with Gasteiger partial charge < -0.3 is 9.74 Å². The van der Waals surface area contributed by atoms with E-state index in [0.717, 1.165) is 32.2 Å². The van der Waals surface area contributed by atoms with Crippen molar-refractivity contribution in [1.29, 1.82) is 0 Å². The summed E-state index contributed by atoms with van der Waals surface area (Å²) in [4.78, 5) is 18.6. The summed E-state index contributed by atoms with van der Waals surface area (Å²) >= 11 is 0. The lowest BCUT2D eigenvalue weighted by atomic mass is 9.84. The Bertz CT molecular complexity index is 216. The number of rotatable bonds is 3. The fourth-order valence-electron chi connectivity index (χ4n) is 2.30. The highest BCUT2D eigenvalue weighted by Gasteiger charge is 2.35. The van der Waals surface area contributed by atoms with E-state index < -0.39 is 0 Å². The molecule has 4 heteroatoms. The number of amides is 1. The van der Waals surface area contributed by atoms with Crippen LogP contribution in [0, 0.1) is 5.92 Å². The maximum Gasteiger partial charge on any atom is 0.226 e. The van der Waals surface area contributed by atoms with Crippen LogP contribution in [0.15, 0.2) is 0 Å². The van der Waals surface area contributed by atoms with E-state index >= 15 is 0 Å². The van der Waals surface area contributed by atoms with Crippen LogP contribution in [-0.4, -0.2) is 30.0 Å². The highest BCUT2D eigenvalue weighted by atomic mass is 16.6. The molecule has 0 bridgehead atoms. The Morgan fingerprint density at radius 3 is 2.71 bits per heavy atom. The van der Waals surface area contributed by atoms with E-state index in [-0.39, 0.29) is 6.04 Å². The Morgan fingerprint density at radius 2 is 2.14 bits per heavy atom. The zero-order valence-electron chi connectivity index (χ0n) is 8.45. The number of hydrogen-bond acceptors (Lipinski definition) is 3. The van der Waals surface area contributed by atoms with Gasteiger partial charge in [-0.2, -0.15) is 0 Å². The van der Waals surface area contributed by atoms with Gasteiger partial charge in [0, 0.05) is 12.5 Å². The first-order chi connectivity index (χ1) is 6.83. The van der Waals surface area contributed by atoms with E-state index in [4.69, 9.17) is 5.90 Å². The summed E-state index contributed by atoms with van der Waals surface area (Å²) < 4.78 is 0. The number of nitrogens with two attached hydrogens (primary N) is 1. The summed E-state index contributed by atoms with van der Waals surface area (Å²) in [6.07, 6.45) is 5.49. The molecule has 0 spiro atoms. The van der Waals surface area contributed by atoms with Crippen LogP contribution in [0.3, 0.4) is 0 Å². The molecule has 1 saturated carbocycles. The van der Waals surface area contributed by atoms with E-state index in [2.05, 4.69) is 4.84 Å². The molecular formula is C10H18N2O2. The van der Waals surface area contributed by atoms with Crippen molar-refractivity contribution in [2.45, 2.75) is 38.1 Å². The van der Waals surface area contributed by atoms with Crippen LogP contribution in [0.25, 0.3) is 0 Å². The van der Waals surface area contributed by atoms with Crippen molar-refractivity contribution in [1.82, 2.24) is 4.90 Å². The van der Waals surface area contributed by atoms with Gasteiger partial charge in [0.1, 0.15) is 0 Å². The quantitative estimate of drug-likeness (QED) is 0.678. The van der Waals surface area contributed by atoms with E-state index in [0.29, 0.717) is 18.4 Å². The first-order valence-corrected chi connectivity index (χ1v) is 5.45. The molecule has 14 heavy (non-hydrogen) atoms. The molecule has 2 aliphatic rings. The molecule has 1 heterocycles. The minimum absolute atomic E-state index is 0.230. The van der Waals surface area contributed by atoms with Crippen LogP contribution in [0.1, 0.15) is 32.1 Å². The van der Waals surface area contributed by atoms with Gasteiger partial charge in [-0.3, -0.25) is 4.79 Å². The minimum Gasteiger partial charge on any atom is -0.337 e. The van der Waals surface area contributed by atoms with Gasteiger partial charge in [0.15, 0.2) is 0 Å². The number of likely N-dealkylation sites (tertiary alicyclic amines) is 1. The normalized spacial score (nSPS) is 27.8. The van der Waals surface area contributed by atoms with Gasteiger partial charge >= 0.3 is 0 Å². The number of carbonyl (C=O) groups is 1. The predicted octanol–water partition coefficient (Wildman–Crippen LogP) is 0.668. The van der Waals surface area contributed by atoms with Gasteiger partial charge in [-0.05, 0) is 25.7 Å². The van der Waals surface area contributed by atoms with Gasteiger partial charge in [0.25, 0.3) is 0 Å². The Labute approximate surface area is 84.3 Å². The van der Waals surface area contributed by atoms with Crippen molar-refractivity contribution in [3.63, 3.8) is 0 Å². The molecule has 1 unspecified atom stereocenters. The monoisotopic (exact) mass is 198 g/mol. The number of carbonyl (C=O) groups excluding carboxylic acids is 1. The third-order valence-corrected chi connectivity index (χ3v) is 3.40. The first-order valence-electron chi connectivity index (χ1n) is 5.45. The largest absolute Gasteiger partial charge is 0.337 e. The average molecular weight is 198 g/mol. The van der Waals surface area contributed by atoms with Crippen LogP contribution < -0.4 is 5.90 Å². The maximum absolute atomic E-state index is 11.9. The summed E-state index contributed by atoms with van der Waals surface area (Å²) in [5.74, 6) is 5.68. The number of hydrogen-bond donors (Lipinski definition) is 1. The minimum atomic E-state index is 0.230. The molecule has 0 aromatic carbocycles. The Morgan fingerprint density at radius 1 is 1.36 bits per heavy atom. The molecule has 1 aliphatic heterocycles. The lowest BCUT2D eigenvalue weighted by Gasteiger charge is -2.32. The van der Waals surface area contributed by atoms with Crippen molar-refractivity contribution in [3.8, 4) is 0 Å². The lowest BCUT2D eigenvalue weighted by Crippen LogP contribution is -2.43. The van der Waals surface area contributed by atoms with E-state index in [1.807, 2.05) is 4.90 Å². The molecule has 0 aromatic rings. The molecule has 2 rings (SSSR count). The van der Waals surface area contributed by atoms with Gasteiger partial charge in [0.2, 0.25) is 5.91 Å². The van der Waals surface area contributed by atoms with Gasteiger partial charge in [0.05, 0.1) is 12.6 Å². The summed E-state index contributed by atoms with van der Waals surface area (Å²) in [5, 5.41) is 0. The van der Waals surface area contributed by atoms with Crippen LogP contribution in [0.5, 0.6) is 0 Å². The standard InChI is InChI=1S/C10H18N2O2/c11-14-7-9-5-2-6-12(9)10(13)8-3-1-4-8/h8-9H,1-7,11H2. The zero-order chi connectivity index (χ0) is 9.97. The molecular weight excluding hydrogens is 180 g/mol. The van der Waals surface area contributed by atoms with Crippen LogP contribution in [-0.2, 0) is 9.63 Å². The Balaban J connectivity index is 1.90. The van der Waals surface area contributed by atoms with Gasteiger partial charge in [-0.15, -0.1) is 0 Å². The highest BCUT2D eigenvalue weighted by Crippen LogP contribution is 2.31. The molecule has 2 fully saturated rings. The fraction of sp³-hybridized carbons (Fsp3) is 0.900. The number of nitrogens with zero attached hydrogens (tertiary/aromatic N) is 1. The van der Waals surface area contributed by atoms with Crippen molar-refractivity contribution in [3.05, 3.63) is 0 Å². The highest BCUT2D eigenvalue weighted by molar-refractivity contribution is 5.80. The molecule has 0 aromatic heterocycles. The summed E-state index contributed by atoms with van der Waals surface area (Å²) in [7, 11) is 0. The second kappa shape index (κ2) is 4.28. The van der Waals surface area contributed by atoms with E-state index in [9.17, 15) is 4.79 Å². The molecule has 1 aliphatic carbocycles. The zero-order valence-corrected chi connectivity index (χ0v) is 8.45. The summed E-state index contributed by atoms with van der Waals surface area (Å²) in [5.41, 5.74) is 0. The molecule has 0 radical (unpaired) electrons. The van der Waals surface area contributed by atoms with Crippen molar-refractivity contribution < 1.29 is 9.63 Å². The SMILES string of the molecule is NOCC1CCCN1C(=O)C1CCC1. The third kappa shape index (κ3) is 1.77. The van der Waals surface area contributed by atoms with E-state index in [1.165, 1.54) is 6.42 Å². The summed E-state index contributed by atoms with van der Waals surface area (Å²) in [6, 6.07) is 0.230. The average Bonchev–Trinajstić information content (AvgIpc) is 2.49. The van der Waals surface area contributed by atoms with Crippen LogP contribution in [0.2, 0.25) is 0 Å². The third-order valence-electron chi connectivity index (χ3n) is 3.40. The van der Waals surface area contributed by atoms with Crippen LogP contribution in [0.4, 0.5) is 0 Å². The molecule has 1 saturated heterocycles. The second-order valence-electron chi connectivity index (χ2n) is 4.29. The molecule has 4 nitrogen and oxygen atoms in total. The fourth-order valence-corrected chi connectivity index (χ4v) is 2.30. The molecule has 1 atom stereocenters. The van der Waals surface area contributed by atoms with Gasteiger partial charge in [-0.1, -0.05) is 6.42 Å². The molecule has 2 N–H and O–H groups in total. The van der Waals surface area contributed by atoms with E-state index in [1.54, 1.807) is 0 Å². The smallest absolute Gasteiger partial charge is 0.226 e. The Hall–Kier alpha value is -0.610. The topological polar surface area (TPSA) is 55.6 Å². The lowest BCUT2D eigenvalue weighted by molar-refractivity contribution is -0.140. The first kappa shape index (κ1) is 9.93. The maximum atomic E-state index is 11.9. The van der Waals surface area contributed by atoms with Gasteiger partial charge in [-0.25, -0.2) is 5.90 Å². The van der Waals surface area contributed by atoms with Crippen molar-refractivity contribution in [2.24, 2.45) is 11.8 Å². The second-order valence-corrected chi connectivity index (χ2v) is 4.29. The summed E-state index contributed by atoms with van der Waals surface area (Å²) in [6.45, 7) is 1.38. The molecule has 80 valence electrons. The Kier molecular flexibility index (Phi) is 3.03. The predicted molar refractivity (Wildman–Crippen MR) is 52.2 cm³/mol. The van der Waals surface area contributed by atoms with Crippen LogP contribution >= 0.6 is 0 Å².